The Labute approximate surface area is 40.4 Å². The molecule has 0 aromatic rings. The van der Waals surface area contributed by atoms with Crippen LogP contribution in [-0.2, 0) is 0 Å². The van der Waals surface area contributed by atoms with E-state index in [1.165, 1.54) is 6.32 Å². The Morgan fingerprint density at radius 1 is 1.50 bits per heavy atom. The van der Waals surface area contributed by atoms with Crippen LogP contribution in [0.4, 0.5) is 0 Å². The topological polar surface area (TPSA) is 12.0 Å². The van der Waals surface area contributed by atoms with Crippen LogP contribution in [-0.4, -0.2) is 14.0 Å². The normalized spacial score (nSPS) is 9.00. The van der Waals surface area contributed by atoms with Crippen molar-refractivity contribution in [3.05, 3.63) is 0 Å². The first kappa shape index (κ1) is 6.02. The molecule has 0 aliphatic carbocycles. The smallest absolute Gasteiger partial charge is 0.0460 e. The fraction of sp³-hybridized carbons (Fsp3) is 1.00. The maximum absolute atomic E-state index is 3.20. The molecule has 1 N–H and O–H groups in total. The third kappa shape index (κ3) is 4.02. The Kier molecular flexibility index (Phi) is 5.05. The summed E-state index contributed by atoms with van der Waals surface area (Å²) in [4.78, 5) is 0. The molecule has 0 aromatic heterocycles. The Hall–Kier alpha value is 0.0249. The van der Waals surface area contributed by atoms with Crippen molar-refractivity contribution in [2.45, 2.75) is 20.2 Å². The van der Waals surface area contributed by atoms with Crippen LogP contribution in [0.2, 0.25) is 6.32 Å². The van der Waals surface area contributed by atoms with E-state index in [9.17, 15) is 0 Å². The molecule has 37 valence electrons. The van der Waals surface area contributed by atoms with Crippen LogP contribution in [0.5, 0.6) is 0 Å². The zero-order valence-electron chi connectivity index (χ0n) is 4.62. The van der Waals surface area contributed by atoms with Crippen LogP contribution in [0.1, 0.15) is 13.8 Å². The molecule has 0 spiro atoms. The van der Waals surface area contributed by atoms with Crippen LogP contribution in [0.25, 0.3) is 0 Å². The average molecular weight is 85.0 g/mol. The van der Waals surface area contributed by atoms with Crippen molar-refractivity contribution in [1.29, 1.82) is 0 Å². The second-order valence-corrected chi connectivity index (χ2v) is 1.35. The summed E-state index contributed by atoms with van der Waals surface area (Å²) in [5.74, 6) is 0. The van der Waals surface area contributed by atoms with Crippen LogP contribution >= 0.6 is 0 Å². The molecule has 1 radical (unpaired) electrons. The van der Waals surface area contributed by atoms with E-state index in [0.717, 1.165) is 14.0 Å². The number of hydrogen-bond donors (Lipinski definition) is 1. The highest BCUT2D eigenvalue weighted by Crippen LogP contribution is 1.64. The summed E-state index contributed by atoms with van der Waals surface area (Å²) in [5.41, 5.74) is 0. The highest BCUT2D eigenvalue weighted by Gasteiger charge is 1.60. The minimum Gasteiger partial charge on any atom is -0.522 e. The Bertz CT molecular complexity index is 19.5. The fourth-order valence-electron chi connectivity index (χ4n) is 0.354. The van der Waals surface area contributed by atoms with Gasteiger partial charge in [-0.25, -0.2) is 0 Å². The van der Waals surface area contributed by atoms with Gasteiger partial charge in [0.1, 0.15) is 0 Å². The largest absolute Gasteiger partial charge is 0.522 e. The Morgan fingerprint density at radius 2 is 2.17 bits per heavy atom. The fourth-order valence-corrected chi connectivity index (χ4v) is 0.354. The van der Waals surface area contributed by atoms with Gasteiger partial charge in [-0.15, -0.1) is 0 Å². The first-order chi connectivity index (χ1) is 2.91. The molecule has 0 heterocycles. The summed E-state index contributed by atoms with van der Waals surface area (Å²) in [6.07, 6.45) is 1.24. The molecule has 0 bridgehead atoms. The zero-order valence-corrected chi connectivity index (χ0v) is 4.62. The van der Waals surface area contributed by atoms with Gasteiger partial charge in [0.2, 0.25) is 0 Å². The molecule has 0 aromatic carbocycles. The van der Waals surface area contributed by atoms with E-state index in [-0.39, 0.29) is 0 Å². The third-order valence-electron chi connectivity index (χ3n) is 0.677. The lowest BCUT2D eigenvalue weighted by molar-refractivity contribution is 0.996. The molecule has 1 nitrogen and oxygen atoms in total. The zero-order chi connectivity index (χ0) is 4.83. The quantitative estimate of drug-likeness (QED) is 0.386. The van der Waals surface area contributed by atoms with E-state index >= 15 is 0 Å². The maximum atomic E-state index is 3.20. The standard InChI is InChI=1S/C4H12BN/c1-3-5-6-4-2/h5-6H,3-4H2,1-2H3/q-1. The van der Waals surface area contributed by atoms with Crippen LogP contribution in [0.3, 0.4) is 0 Å². The van der Waals surface area contributed by atoms with Gasteiger partial charge in [-0.1, -0.05) is 21.3 Å². The molecule has 6 heavy (non-hydrogen) atoms. The number of rotatable bonds is 3. The van der Waals surface area contributed by atoms with E-state index < -0.39 is 0 Å². The molecular formula is C4H12BN-. The van der Waals surface area contributed by atoms with Gasteiger partial charge in [0.15, 0.2) is 0 Å². The van der Waals surface area contributed by atoms with Crippen molar-refractivity contribution in [2.24, 2.45) is 0 Å². The minimum atomic E-state index is 1.10. The molecule has 0 saturated carbocycles. The molecule has 0 amide bonds. The number of hydrogen-bond acceptors (Lipinski definition) is 1. The second-order valence-electron chi connectivity index (χ2n) is 1.35. The van der Waals surface area contributed by atoms with Crippen LogP contribution in [0, 0.1) is 0 Å². The summed E-state index contributed by atoms with van der Waals surface area (Å²) >= 11 is 0. The molecule has 0 fully saturated rings. The maximum Gasteiger partial charge on any atom is -0.0460 e. The predicted molar refractivity (Wildman–Crippen MR) is 31.3 cm³/mol. The molecule has 0 unspecified atom stereocenters. The monoisotopic (exact) mass is 85.1 g/mol. The van der Waals surface area contributed by atoms with Crippen molar-refractivity contribution in [3.8, 4) is 0 Å². The molecule has 0 atom stereocenters. The van der Waals surface area contributed by atoms with Crippen molar-refractivity contribution in [2.75, 3.05) is 6.54 Å². The summed E-state index contributed by atoms with van der Waals surface area (Å²) in [6, 6.07) is 0. The van der Waals surface area contributed by atoms with E-state index in [1.807, 2.05) is 0 Å². The highest BCUT2D eigenvalue weighted by molar-refractivity contribution is 6.31. The van der Waals surface area contributed by atoms with Gasteiger partial charge >= 0.3 is 0 Å². The van der Waals surface area contributed by atoms with Gasteiger partial charge in [0, 0.05) is 0 Å². The van der Waals surface area contributed by atoms with Crippen LogP contribution < -0.4 is 5.23 Å². The molecule has 0 rings (SSSR count). The minimum absolute atomic E-state index is 1.10. The average Bonchev–Trinajstić information content (AvgIpc) is 1.61. The summed E-state index contributed by atoms with van der Waals surface area (Å²) in [5, 5.41) is 3.20. The molecule has 0 aliphatic rings. The first-order valence-electron chi connectivity index (χ1n) is 2.62. The molecule has 0 aliphatic heterocycles. The van der Waals surface area contributed by atoms with E-state index in [2.05, 4.69) is 19.1 Å². The Balaban J connectivity index is 2.34. The van der Waals surface area contributed by atoms with Gasteiger partial charge in [-0.2, -0.15) is 6.32 Å². The van der Waals surface area contributed by atoms with E-state index in [0.29, 0.717) is 0 Å². The van der Waals surface area contributed by atoms with Crippen LogP contribution in [0.15, 0.2) is 0 Å². The third-order valence-corrected chi connectivity index (χ3v) is 0.677. The molecule has 2 heteroatoms. The van der Waals surface area contributed by atoms with Crippen molar-refractivity contribution >= 4 is 7.41 Å². The summed E-state index contributed by atoms with van der Waals surface area (Å²) in [6.45, 7) is 5.40. The van der Waals surface area contributed by atoms with Gasteiger partial charge in [-0.05, 0) is 6.54 Å². The van der Waals surface area contributed by atoms with E-state index in [1.54, 1.807) is 0 Å². The first-order valence-corrected chi connectivity index (χ1v) is 2.62. The van der Waals surface area contributed by atoms with Crippen molar-refractivity contribution in [1.82, 2.24) is 5.23 Å². The van der Waals surface area contributed by atoms with E-state index in [4.69, 9.17) is 0 Å². The summed E-state index contributed by atoms with van der Waals surface area (Å²) in [7, 11) is 1.16. The predicted octanol–water partition coefficient (Wildman–Crippen LogP) is 0.386. The number of nitrogens with one attached hydrogen (secondary N) is 1. The van der Waals surface area contributed by atoms with Crippen molar-refractivity contribution < 1.29 is 0 Å². The highest BCUT2D eigenvalue weighted by atomic mass is 14.7. The lowest BCUT2D eigenvalue weighted by atomic mass is 9.91. The van der Waals surface area contributed by atoms with Gasteiger partial charge < -0.3 is 5.23 Å². The van der Waals surface area contributed by atoms with Gasteiger partial charge in [0.25, 0.3) is 0 Å². The van der Waals surface area contributed by atoms with Crippen molar-refractivity contribution in [3.63, 3.8) is 0 Å². The molecule has 0 saturated heterocycles. The molecular weight excluding hydrogens is 72.9 g/mol. The Morgan fingerprint density at radius 3 is 2.33 bits per heavy atom. The lowest BCUT2D eigenvalue weighted by Crippen LogP contribution is -2.16. The summed E-state index contributed by atoms with van der Waals surface area (Å²) < 4.78 is 0. The lowest BCUT2D eigenvalue weighted by Gasteiger charge is -2.03. The SMILES string of the molecule is CC[BH-]NCC. The van der Waals surface area contributed by atoms with Gasteiger partial charge in [0.05, 0.1) is 0 Å². The second kappa shape index (κ2) is 5.02. The van der Waals surface area contributed by atoms with Gasteiger partial charge in [-0.3, -0.25) is 0 Å².